The molecule has 0 aromatic rings. The van der Waals surface area contributed by atoms with Crippen LogP contribution < -0.4 is 0 Å². The van der Waals surface area contributed by atoms with Crippen LogP contribution in [0, 0.1) is 12.5 Å². The van der Waals surface area contributed by atoms with Gasteiger partial charge in [-0.3, -0.25) is 0 Å². The Balaban J connectivity index is 2.80. The van der Waals surface area contributed by atoms with Gasteiger partial charge in [0.05, 0.1) is 33.0 Å². The van der Waals surface area contributed by atoms with Crippen molar-refractivity contribution in [3.63, 3.8) is 0 Å². The molecule has 0 aromatic carbocycles. The average molecular weight is 188 g/mol. The van der Waals surface area contributed by atoms with E-state index in [-0.39, 0.29) is 0 Å². The lowest BCUT2D eigenvalue weighted by molar-refractivity contribution is 0.0158. The van der Waals surface area contributed by atoms with E-state index in [1.54, 1.807) is 7.11 Å². The molecular weight excluding hydrogens is 172 g/mol. The Morgan fingerprint density at radius 1 is 0.923 bits per heavy atom. The van der Waals surface area contributed by atoms with Gasteiger partial charge < -0.3 is 18.9 Å². The van der Waals surface area contributed by atoms with Crippen molar-refractivity contribution in [1.29, 1.82) is 0 Å². The second kappa shape index (κ2) is 11.2. The molecule has 0 aliphatic carbocycles. The second-order valence-corrected chi connectivity index (χ2v) is 2.18. The standard InChI is InChI=1S/C9H16O4/c1-3-11-6-7-13-9-8-12-5-4-10-2/h1H,4-9H2,2H3. The number of hydrogen-bond acceptors (Lipinski definition) is 4. The summed E-state index contributed by atoms with van der Waals surface area (Å²) in [7, 11) is 1.64. The van der Waals surface area contributed by atoms with Crippen LogP contribution in [0.25, 0.3) is 0 Å². The van der Waals surface area contributed by atoms with E-state index >= 15 is 0 Å². The van der Waals surface area contributed by atoms with Crippen molar-refractivity contribution in [1.82, 2.24) is 0 Å². The predicted octanol–water partition coefficient (Wildman–Crippen LogP) is 0.273. The first-order valence-corrected chi connectivity index (χ1v) is 4.13. The fourth-order valence-corrected chi connectivity index (χ4v) is 0.624. The zero-order valence-corrected chi connectivity index (χ0v) is 7.95. The summed E-state index contributed by atoms with van der Waals surface area (Å²) in [4.78, 5) is 0. The third-order valence-electron chi connectivity index (χ3n) is 1.22. The Morgan fingerprint density at radius 2 is 1.46 bits per heavy atom. The number of rotatable bonds is 9. The van der Waals surface area contributed by atoms with E-state index < -0.39 is 0 Å². The van der Waals surface area contributed by atoms with Crippen LogP contribution in [-0.2, 0) is 18.9 Å². The highest BCUT2D eigenvalue weighted by molar-refractivity contribution is 4.67. The van der Waals surface area contributed by atoms with Crippen molar-refractivity contribution in [2.24, 2.45) is 0 Å². The molecule has 0 aliphatic rings. The number of hydrogen-bond donors (Lipinski definition) is 0. The largest absolute Gasteiger partial charge is 0.444 e. The summed E-state index contributed by atoms with van der Waals surface area (Å²) in [6.45, 7) is 3.25. The maximum absolute atomic E-state index is 5.15. The van der Waals surface area contributed by atoms with Crippen LogP contribution >= 0.6 is 0 Å². The van der Waals surface area contributed by atoms with E-state index in [4.69, 9.17) is 20.6 Å². The molecular formula is C9H16O4. The molecule has 0 spiro atoms. The molecule has 0 aromatic heterocycles. The minimum Gasteiger partial charge on any atom is -0.444 e. The van der Waals surface area contributed by atoms with Gasteiger partial charge in [0.2, 0.25) is 0 Å². The topological polar surface area (TPSA) is 36.9 Å². The van der Waals surface area contributed by atoms with Gasteiger partial charge in [-0.2, -0.15) is 0 Å². The van der Waals surface area contributed by atoms with E-state index in [1.165, 1.54) is 0 Å². The minimum absolute atomic E-state index is 0.425. The molecule has 0 N–H and O–H groups in total. The fraction of sp³-hybridized carbons (Fsp3) is 0.778. The zero-order chi connectivity index (χ0) is 9.78. The van der Waals surface area contributed by atoms with Crippen molar-refractivity contribution in [2.75, 3.05) is 46.8 Å². The smallest absolute Gasteiger partial charge is 0.123 e. The number of terminal acetylenes is 1. The molecule has 0 aliphatic heterocycles. The number of ether oxygens (including phenoxy) is 4. The first-order valence-electron chi connectivity index (χ1n) is 4.13. The Morgan fingerprint density at radius 3 is 2.00 bits per heavy atom. The van der Waals surface area contributed by atoms with Crippen molar-refractivity contribution >= 4 is 0 Å². The fourth-order valence-electron chi connectivity index (χ4n) is 0.624. The van der Waals surface area contributed by atoms with E-state index in [0.29, 0.717) is 39.6 Å². The molecule has 0 rings (SSSR count). The Hall–Kier alpha value is -0.760. The molecule has 0 unspecified atom stereocenters. The molecule has 0 amide bonds. The zero-order valence-electron chi connectivity index (χ0n) is 7.95. The SMILES string of the molecule is C#COCCOCCOCCOC. The van der Waals surface area contributed by atoms with Crippen LogP contribution in [0.4, 0.5) is 0 Å². The van der Waals surface area contributed by atoms with Gasteiger partial charge in [0.15, 0.2) is 0 Å². The Bertz CT molecular complexity index is 130. The van der Waals surface area contributed by atoms with E-state index in [1.807, 2.05) is 0 Å². The molecule has 0 atom stereocenters. The summed E-state index contributed by atoms with van der Waals surface area (Å²) in [5, 5.41) is 0. The normalized spacial score (nSPS) is 9.54. The van der Waals surface area contributed by atoms with Crippen LogP contribution in [0.5, 0.6) is 0 Å². The highest BCUT2D eigenvalue weighted by Gasteiger charge is 1.89. The van der Waals surface area contributed by atoms with Gasteiger partial charge in [0.1, 0.15) is 12.7 Å². The summed E-state index contributed by atoms with van der Waals surface area (Å²) >= 11 is 0. The lowest BCUT2D eigenvalue weighted by Gasteiger charge is -2.04. The highest BCUT2D eigenvalue weighted by Crippen LogP contribution is 1.80. The van der Waals surface area contributed by atoms with Crippen molar-refractivity contribution in [3.05, 3.63) is 0 Å². The monoisotopic (exact) mass is 188 g/mol. The lowest BCUT2D eigenvalue weighted by atomic mass is 10.7. The van der Waals surface area contributed by atoms with Crippen LogP contribution in [-0.4, -0.2) is 46.8 Å². The number of methoxy groups -OCH3 is 1. The first-order chi connectivity index (χ1) is 6.41. The highest BCUT2D eigenvalue weighted by atomic mass is 16.5. The molecule has 76 valence electrons. The Kier molecular flexibility index (Phi) is 10.6. The van der Waals surface area contributed by atoms with Gasteiger partial charge in [-0.1, -0.05) is 6.42 Å². The molecule has 0 saturated carbocycles. The summed E-state index contributed by atoms with van der Waals surface area (Å²) in [5.74, 6) is 0. The third kappa shape index (κ3) is 11.2. The maximum atomic E-state index is 5.15. The van der Waals surface area contributed by atoms with Crippen molar-refractivity contribution < 1.29 is 18.9 Å². The van der Waals surface area contributed by atoms with Crippen LogP contribution in [0.3, 0.4) is 0 Å². The molecule has 4 nitrogen and oxygen atoms in total. The third-order valence-corrected chi connectivity index (χ3v) is 1.22. The summed E-state index contributed by atoms with van der Waals surface area (Å²) in [5.41, 5.74) is 0. The first kappa shape index (κ1) is 12.2. The van der Waals surface area contributed by atoms with Crippen LogP contribution in [0.15, 0.2) is 0 Å². The summed E-state index contributed by atoms with van der Waals surface area (Å²) in [6, 6.07) is 0. The van der Waals surface area contributed by atoms with E-state index in [0.717, 1.165) is 0 Å². The van der Waals surface area contributed by atoms with E-state index in [2.05, 4.69) is 10.8 Å². The molecule has 0 heterocycles. The van der Waals surface area contributed by atoms with Gasteiger partial charge in [-0.05, 0) is 0 Å². The van der Waals surface area contributed by atoms with Gasteiger partial charge in [-0.25, -0.2) is 0 Å². The van der Waals surface area contributed by atoms with Crippen molar-refractivity contribution in [2.45, 2.75) is 0 Å². The second-order valence-electron chi connectivity index (χ2n) is 2.18. The van der Waals surface area contributed by atoms with Gasteiger partial charge in [0, 0.05) is 7.11 Å². The Labute approximate surface area is 79.1 Å². The lowest BCUT2D eigenvalue weighted by Crippen LogP contribution is -2.10. The van der Waals surface area contributed by atoms with Gasteiger partial charge in [0.25, 0.3) is 0 Å². The summed E-state index contributed by atoms with van der Waals surface area (Å²) in [6.07, 6.45) is 6.92. The van der Waals surface area contributed by atoms with Crippen LogP contribution in [0.2, 0.25) is 0 Å². The van der Waals surface area contributed by atoms with Gasteiger partial charge in [-0.15, -0.1) is 0 Å². The molecule has 0 saturated heterocycles. The summed E-state index contributed by atoms with van der Waals surface area (Å²) < 4.78 is 19.7. The van der Waals surface area contributed by atoms with Crippen LogP contribution in [0.1, 0.15) is 0 Å². The predicted molar refractivity (Wildman–Crippen MR) is 48.3 cm³/mol. The quantitative estimate of drug-likeness (QED) is 0.384. The minimum atomic E-state index is 0.425. The van der Waals surface area contributed by atoms with Gasteiger partial charge >= 0.3 is 0 Å². The van der Waals surface area contributed by atoms with Crippen molar-refractivity contribution in [3.8, 4) is 12.5 Å². The molecule has 0 fully saturated rings. The maximum Gasteiger partial charge on any atom is 0.123 e. The molecule has 0 bridgehead atoms. The molecule has 4 heteroatoms. The molecule has 13 heavy (non-hydrogen) atoms. The van der Waals surface area contributed by atoms with E-state index in [9.17, 15) is 0 Å². The molecule has 0 radical (unpaired) electrons. The average Bonchev–Trinajstić information content (AvgIpc) is 2.16.